The lowest BCUT2D eigenvalue weighted by atomic mass is 9.98. The van der Waals surface area contributed by atoms with E-state index in [-0.39, 0.29) is 24.9 Å². The Hall–Kier alpha value is -3.61. The molecule has 0 spiro atoms. The molecule has 186 valence electrons. The van der Waals surface area contributed by atoms with Gasteiger partial charge in [-0.15, -0.1) is 0 Å². The minimum atomic E-state index is -1.12. The maximum Gasteiger partial charge on any atom is 0.407 e. The van der Waals surface area contributed by atoms with Crippen molar-refractivity contribution >= 4 is 18.0 Å². The van der Waals surface area contributed by atoms with Crippen LogP contribution in [0.3, 0.4) is 0 Å². The van der Waals surface area contributed by atoms with Crippen molar-refractivity contribution in [2.75, 3.05) is 6.61 Å². The zero-order valence-corrected chi connectivity index (χ0v) is 20.7. The van der Waals surface area contributed by atoms with E-state index in [1.165, 1.54) is 0 Å². The molecule has 0 saturated heterocycles. The number of allylic oxidation sites excluding steroid dienone is 1. The predicted molar refractivity (Wildman–Crippen MR) is 135 cm³/mol. The lowest BCUT2D eigenvalue weighted by Crippen LogP contribution is -2.52. The highest BCUT2D eigenvalue weighted by Crippen LogP contribution is 2.44. The normalized spacial score (nSPS) is 13.9. The first kappa shape index (κ1) is 26.0. The quantitative estimate of drug-likeness (QED) is 0.423. The third-order valence-corrected chi connectivity index (χ3v) is 6.04. The van der Waals surface area contributed by atoms with Crippen LogP contribution in [0, 0.1) is 5.92 Å². The molecule has 0 saturated carbocycles. The molecule has 0 fully saturated rings. The maximum atomic E-state index is 12.9. The maximum absolute atomic E-state index is 12.9. The lowest BCUT2D eigenvalue weighted by Gasteiger charge is -2.23. The molecule has 7 heteroatoms. The number of benzene rings is 2. The van der Waals surface area contributed by atoms with Crippen molar-refractivity contribution in [2.24, 2.45) is 5.92 Å². The van der Waals surface area contributed by atoms with Crippen LogP contribution in [0.5, 0.6) is 0 Å². The van der Waals surface area contributed by atoms with Gasteiger partial charge in [0.15, 0.2) is 0 Å². The minimum Gasteiger partial charge on any atom is -0.480 e. The molecule has 2 unspecified atom stereocenters. The smallest absolute Gasteiger partial charge is 0.407 e. The molecule has 3 N–H and O–H groups in total. The second kappa shape index (κ2) is 11.7. The Balaban J connectivity index is 1.66. The van der Waals surface area contributed by atoms with Gasteiger partial charge in [0, 0.05) is 5.92 Å². The van der Waals surface area contributed by atoms with Gasteiger partial charge in [-0.2, -0.15) is 0 Å². The summed E-state index contributed by atoms with van der Waals surface area (Å²) in [5.74, 6) is -1.66. The number of amides is 2. The molecule has 0 aromatic heterocycles. The Kier molecular flexibility index (Phi) is 8.68. The zero-order valence-electron chi connectivity index (χ0n) is 20.7. The molecular formula is C28H34N2O5. The molecule has 2 aromatic carbocycles. The number of hydrogen-bond donors (Lipinski definition) is 3. The summed E-state index contributed by atoms with van der Waals surface area (Å²) in [7, 11) is 0. The van der Waals surface area contributed by atoms with Crippen molar-refractivity contribution in [3.8, 4) is 11.1 Å². The van der Waals surface area contributed by atoms with Gasteiger partial charge in [-0.3, -0.25) is 4.79 Å². The Morgan fingerprint density at radius 1 is 0.943 bits per heavy atom. The van der Waals surface area contributed by atoms with E-state index in [0.717, 1.165) is 27.8 Å². The Morgan fingerprint density at radius 3 is 2.03 bits per heavy atom. The number of nitrogens with one attached hydrogen (secondary N) is 2. The van der Waals surface area contributed by atoms with Crippen LogP contribution in [0.1, 0.15) is 57.6 Å². The molecule has 0 aliphatic heterocycles. The highest BCUT2D eigenvalue weighted by atomic mass is 16.5. The zero-order chi connectivity index (χ0) is 25.5. The number of rotatable bonds is 10. The minimum absolute atomic E-state index is 0.0917. The fraction of sp³-hybridized carbons (Fsp3) is 0.393. The Bertz CT molecular complexity index is 1060. The highest BCUT2D eigenvalue weighted by Gasteiger charge is 2.30. The van der Waals surface area contributed by atoms with Crippen LogP contribution in [0.2, 0.25) is 0 Å². The third-order valence-electron chi connectivity index (χ3n) is 6.04. The summed E-state index contributed by atoms with van der Waals surface area (Å²) in [6, 6.07) is 14.1. The van der Waals surface area contributed by atoms with Crippen LogP contribution in [0.4, 0.5) is 4.79 Å². The summed E-state index contributed by atoms with van der Waals surface area (Å²) in [4.78, 5) is 37.2. The molecule has 2 aromatic rings. The standard InChI is InChI=1S/C28H34N2O5/c1-17(2)13-14-24(27(32)33)29-26(31)25(15-18(3)4)30-28(34)35-16-23-21-11-7-5-9-19(21)20-10-6-8-12-22(20)23/h5-13,18,23-25H,14-16H2,1-4H3,(H,29,31)(H,30,34)(H,32,33). The number of fused-ring (bicyclic) bond motifs is 3. The van der Waals surface area contributed by atoms with Crippen LogP contribution in [0.25, 0.3) is 11.1 Å². The van der Waals surface area contributed by atoms with Gasteiger partial charge in [0.1, 0.15) is 18.7 Å². The van der Waals surface area contributed by atoms with Crippen LogP contribution < -0.4 is 10.6 Å². The average Bonchev–Trinajstić information content (AvgIpc) is 3.13. The van der Waals surface area contributed by atoms with Crippen LogP contribution >= 0.6 is 0 Å². The summed E-state index contributed by atoms with van der Waals surface area (Å²) in [5, 5.41) is 14.7. The van der Waals surface area contributed by atoms with Gasteiger partial charge in [-0.1, -0.05) is 74.0 Å². The van der Waals surface area contributed by atoms with Gasteiger partial charge in [-0.05, 0) is 54.9 Å². The van der Waals surface area contributed by atoms with E-state index >= 15 is 0 Å². The first-order chi connectivity index (χ1) is 16.7. The molecule has 2 atom stereocenters. The number of ether oxygens (including phenoxy) is 1. The van der Waals surface area contributed by atoms with Crippen molar-refractivity contribution < 1.29 is 24.2 Å². The number of hydrogen-bond acceptors (Lipinski definition) is 4. The van der Waals surface area contributed by atoms with Crippen molar-refractivity contribution in [3.63, 3.8) is 0 Å². The molecule has 2 amide bonds. The summed E-state index contributed by atoms with van der Waals surface area (Å²) >= 11 is 0. The molecule has 1 aliphatic carbocycles. The molecule has 0 radical (unpaired) electrons. The van der Waals surface area contributed by atoms with E-state index in [0.29, 0.717) is 6.42 Å². The second-order valence-electron chi connectivity index (χ2n) is 9.57. The molecular weight excluding hydrogens is 444 g/mol. The van der Waals surface area contributed by atoms with Crippen molar-refractivity contribution in [3.05, 3.63) is 71.3 Å². The first-order valence-electron chi connectivity index (χ1n) is 12.0. The fourth-order valence-corrected chi connectivity index (χ4v) is 4.33. The van der Waals surface area contributed by atoms with E-state index in [1.807, 2.05) is 64.1 Å². The number of carbonyl (C=O) groups is 3. The van der Waals surface area contributed by atoms with Crippen LogP contribution in [0.15, 0.2) is 60.2 Å². The Labute approximate surface area is 206 Å². The molecule has 0 heterocycles. The van der Waals surface area contributed by atoms with Crippen molar-refractivity contribution in [1.82, 2.24) is 10.6 Å². The van der Waals surface area contributed by atoms with Gasteiger partial charge in [0.25, 0.3) is 0 Å². The van der Waals surface area contributed by atoms with E-state index in [9.17, 15) is 19.5 Å². The van der Waals surface area contributed by atoms with E-state index < -0.39 is 30.1 Å². The van der Waals surface area contributed by atoms with Gasteiger partial charge in [0.05, 0.1) is 0 Å². The van der Waals surface area contributed by atoms with Gasteiger partial charge in [-0.25, -0.2) is 9.59 Å². The Morgan fingerprint density at radius 2 is 1.51 bits per heavy atom. The van der Waals surface area contributed by atoms with Crippen LogP contribution in [-0.2, 0) is 14.3 Å². The monoisotopic (exact) mass is 478 g/mol. The lowest BCUT2D eigenvalue weighted by molar-refractivity contribution is -0.142. The molecule has 0 bridgehead atoms. The number of carbonyl (C=O) groups excluding carboxylic acids is 2. The highest BCUT2D eigenvalue weighted by molar-refractivity contribution is 5.89. The number of alkyl carbamates (subject to hydrolysis) is 1. The summed E-state index contributed by atoms with van der Waals surface area (Å²) in [6.45, 7) is 7.71. The van der Waals surface area contributed by atoms with Gasteiger partial charge in [0.2, 0.25) is 5.91 Å². The topological polar surface area (TPSA) is 105 Å². The SMILES string of the molecule is CC(C)=CCC(NC(=O)C(CC(C)C)NC(=O)OCC1c2ccccc2-c2ccccc21)C(=O)O. The van der Waals surface area contributed by atoms with Gasteiger partial charge < -0.3 is 20.5 Å². The van der Waals surface area contributed by atoms with Crippen LogP contribution in [-0.4, -0.2) is 41.8 Å². The number of carboxylic acids is 1. The average molecular weight is 479 g/mol. The van der Waals surface area contributed by atoms with Gasteiger partial charge >= 0.3 is 12.1 Å². The second-order valence-corrected chi connectivity index (χ2v) is 9.57. The third kappa shape index (κ3) is 6.72. The molecule has 3 rings (SSSR count). The van der Waals surface area contributed by atoms with Crippen molar-refractivity contribution in [2.45, 2.75) is 58.5 Å². The van der Waals surface area contributed by atoms with Crippen molar-refractivity contribution in [1.29, 1.82) is 0 Å². The molecule has 1 aliphatic rings. The molecule has 35 heavy (non-hydrogen) atoms. The first-order valence-corrected chi connectivity index (χ1v) is 12.0. The largest absolute Gasteiger partial charge is 0.480 e. The van der Waals surface area contributed by atoms with E-state index in [2.05, 4.69) is 22.8 Å². The summed E-state index contributed by atoms with van der Waals surface area (Å²) in [5.41, 5.74) is 5.42. The molecule has 7 nitrogen and oxygen atoms in total. The number of aliphatic carboxylic acids is 1. The van der Waals surface area contributed by atoms with E-state index in [4.69, 9.17) is 4.74 Å². The summed E-state index contributed by atoms with van der Waals surface area (Å²) < 4.78 is 5.58. The fourth-order valence-electron chi connectivity index (χ4n) is 4.33. The summed E-state index contributed by atoms with van der Waals surface area (Å²) in [6.07, 6.45) is 1.58. The van der Waals surface area contributed by atoms with E-state index in [1.54, 1.807) is 6.08 Å². The predicted octanol–water partition coefficient (Wildman–Crippen LogP) is 4.87. The number of carboxylic acid groups (broad SMARTS) is 1.